The lowest BCUT2D eigenvalue weighted by molar-refractivity contribution is -0.122. The van der Waals surface area contributed by atoms with Crippen LogP contribution in [0.4, 0.5) is 0 Å². The normalized spacial score (nSPS) is 28.1. The molecule has 1 saturated heterocycles. The quantitative estimate of drug-likeness (QED) is 0.811. The van der Waals surface area contributed by atoms with Crippen molar-refractivity contribution >= 4 is 5.91 Å². The Kier molecular flexibility index (Phi) is 5.48. The van der Waals surface area contributed by atoms with E-state index in [-0.39, 0.29) is 11.9 Å². The molecular formula is C17H32N2O. The Bertz CT molecular complexity index is 319. The molecule has 0 radical (unpaired) electrons. The molecule has 1 amide bonds. The monoisotopic (exact) mass is 280 g/mol. The van der Waals surface area contributed by atoms with E-state index >= 15 is 0 Å². The molecule has 20 heavy (non-hydrogen) atoms. The van der Waals surface area contributed by atoms with Gasteiger partial charge in [0.05, 0.1) is 0 Å². The number of amides is 1. The summed E-state index contributed by atoms with van der Waals surface area (Å²) in [5.41, 5.74) is 0. The van der Waals surface area contributed by atoms with E-state index in [1.165, 1.54) is 38.9 Å². The summed E-state index contributed by atoms with van der Waals surface area (Å²) in [4.78, 5) is 14.4. The van der Waals surface area contributed by atoms with E-state index in [1.807, 2.05) is 13.8 Å². The van der Waals surface area contributed by atoms with Crippen LogP contribution in [-0.2, 0) is 4.79 Å². The summed E-state index contributed by atoms with van der Waals surface area (Å²) in [6.07, 6.45) is 4.73. The molecule has 2 aliphatic rings. The van der Waals surface area contributed by atoms with Crippen LogP contribution in [0.5, 0.6) is 0 Å². The van der Waals surface area contributed by atoms with E-state index in [0.717, 1.165) is 24.2 Å². The largest absolute Gasteiger partial charge is 0.354 e. The van der Waals surface area contributed by atoms with E-state index in [4.69, 9.17) is 0 Å². The second kappa shape index (κ2) is 6.93. The van der Waals surface area contributed by atoms with Crippen molar-refractivity contribution in [1.29, 1.82) is 0 Å². The van der Waals surface area contributed by atoms with Gasteiger partial charge in [-0.15, -0.1) is 0 Å². The van der Waals surface area contributed by atoms with Crippen LogP contribution >= 0.6 is 0 Å². The standard InChI is InChI=1S/C17H32N2O/c1-12(2)14-5-7-19(8-6-14)11-16-9-15(16)10-17(20)18-13(3)4/h12-16H,5-11H2,1-4H3,(H,18,20). The van der Waals surface area contributed by atoms with Gasteiger partial charge in [-0.1, -0.05) is 13.8 Å². The van der Waals surface area contributed by atoms with Crippen molar-refractivity contribution in [3.63, 3.8) is 0 Å². The average molecular weight is 280 g/mol. The summed E-state index contributed by atoms with van der Waals surface area (Å²) in [6, 6.07) is 0.273. The first-order chi connectivity index (χ1) is 9.45. The molecule has 0 spiro atoms. The molecule has 2 unspecified atom stereocenters. The summed E-state index contributed by atoms with van der Waals surface area (Å²) < 4.78 is 0. The van der Waals surface area contributed by atoms with Crippen molar-refractivity contribution < 1.29 is 4.79 Å². The van der Waals surface area contributed by atoms with E-state index in [1.54, 1.807) is 0 Å². The number of carbonyl (C=O) groups excluding carboxylic acids is 1. The molecule has 1 heterocycles. The number of hydrogen-bond acceptors (Lipinski definition) is 2. The Morgan fingerprint density at radius 2 is 1.80 bits per heavy atom. The third-order valence-corrected chi connectivity index (χ3v) is 5.03. The molecule has 0 bridgehead atoms. The fraction of sp³-hybridized carbons (Fsp3) is 0.941. The highest BCUT2D eigenvalue weighted by Gasteiger charge is 2.39. The average Bonchev–Trinajstić information content (AvgIpc) is 3.06. The molecule has 0 aromatic rings. The topological polar surface area (TPSA) is 32.3 Å². The van der Waals surface area contributed by atoms with Crippen LogP contribution < -0.4 is 5.32 Å². The molecule has 0 aromatic heterocycles. The Morgan fingerprint density at radius 1 is 1.15 bits per heavy atom. The summed E-state index contributed by atoms with van der Waals surface area (Å²) in [7, 11) is 0. The van der Waals surface area contributed by atoms with Crippen LogP contribution in [0.3, 0.4) is 0 Å². The van der Waals surface area contributed by atoms with E-state index < -0.39 is 0 Å². The first-order valence-corrected chi connectivity index (χ1v) is 8.47. The molecule has 2 rings (SSSR count). The number of likely N-dealkylation sites (tertiary alicyclic amines) is 1. The molecule has 0 aromatic carbocycles. The maximum absolute atomic E-state index is 11.7. The van der Waals surface area contributed by atoms with Crippen LogP contribution in [0.1, 0.15) is 53.4 Å². The third kappa shape index (κ3) is 4.76. The maximum atomic E-state index is 11.7. The van der Waals surface area contributed by atoms with Crippen molar-refractivity contribution in [2.45, 2.75) is 59.4 Å². The summed E-state index contributed by atoms with van der Waals surface area (Å²) >= 11 is 0. The zero-order valence-electron chi connectivity index (χ0n) is 13.7. The van der Waals surface area contributed by atoms with Crippen molar-refractivity contribution in [2.24, 2.45) is 23.7 Å². The van der Waals surface area contributed by atoms with Gasteiger partial charge < -0.3 is 10.2 Å². The van der Waals surface area contributed by atoms with Gasteiger partial charge >= 0.3 is 0 Å². The number of carbonyl (C=O) groups is 1. The van der Waals surface area contributed by atoms with Gasteiger partial charge in [-0.05, 0) is 69.9 Å². The third-order valence-electron chi connectivity index (χ3n) is 5.03. The van der Waals surface area contributed by atoms with Crippen LogP contribution in [0, 0.1) is 23.7 Å². The molecule has 3 heteroatoms. The van der Waals surface area contributed by atoms with Crippen LogP contribution in [0.2, 0.25) is 0 Å². The zero-order chi connectivity index (χ0) is 14.7. The molecule has 1 aliphatic carbocycles. The Morgan fingerprint density at radius 3 is 2.35 bits per heavy atom. The van der Waals surface area contributed by atoms with Crippen LogP contribution in [0.25, 0.3) is 0 Å². The summed E-state index contributed by atoms with van der Waals surface area (Å²) in [5.74, 6) is 3.44. The van der Waals surface area contributed by atoms with Crippen molar-refractivity contribution in [3.8, 4) is 0 Å². The smallest absolute Gasteiger partial charge is 0.220 e. The van der Waals surface area contributed by atoms with Gasteiger partial charge in [-0.2, -0.15) is 0 Å². The molecule has 2 atom stereocenters. The van der Waals surface area contributed by atoms with Gasteiger partial charge in [0.1, 0.15) is 0 Å². The molecule has 116 valence electrons. The number of rotatable bonds is 6. The zero-order valence-corrected chi connectivity index (χ0v) is 13.7. The van der Waals surface area contributed by atoms with Gasteiger partial charge in [0.25, 0.3) is 0 Å². The molecule has 1 aliphatic heterocycles. The first-order valence-electron chi connectivity index (χ1n) is 8.47. The fourth-order valence-corrected chi connectivity index (χ4v) is 3.54. The minimum Gasteiger partial charge on any atom is -0.354 e. The Balaban J connectivity index is 1.61. The highest BCUT2D eigenvalue weighted by Crippen LogP contribution is 2.42. The predicted octanol–water partition coefficient (Wildman–Crippen LogP) is 2.91. The molecule has 2 fully saturated rings. The van der Waals surface area contributed by atoms with Crippen LogP contribution in [0.15, 0.2) is 0 Å². The minimum atomic E-state index is 0.242. The fourth-order valence-electron chi connectivity index (χ4n) is 3.54. The molecule has 3 nitrogen and oxygen atoms in total. The van der Waals surface area contributed by atoms with E-state index in [0.29, 0.717) is 5.92 Å². The predicted molar refractivity (Wildman–Crippen MR) is 83.5 cm³/mol. The number of hydrogen-bond donors (Lipinski definition) is 1. The first kappa shape index (κ1) is 15.8. The molecule has 1 N–H and O–H groups in total. The van der Waals surface area contributed by atoms with E-state index in [2.05, 4.69) is 24.1 Å². The highest BCUT2D eigenvalue weighted by atomic mass is 16.1. The molecular weight excluding hydrogens is 248 g/mol. The molecule has 1 saturated carbocycles. The second-order valence-corrected chi connectivity index (χ2v) is 7.56. The highest BCUT2D eigenvalue weighted by molar-refractivity contribution is 5.76. The van der Waals surface area contributed by atoms with Crippen molar-refractivity contribution in [1.82, 2.24) is 10.2 Å². The second-order valence-electron chi connectivity index (χ2n) is 7.56. The SMILES string of the molecule is CC(C)NC(=O)CC1CC1CN1CCC(C(C)C)CC1. The summed E-state index contributed by atoms with van der Waals surface area (Å²) in [5, 5.41) is 3.00. The van der Waals surface area contributed by atoms with Gasteiger partial charge in [0.2, 0.25) is 5.91 Å². The lowest BCUT2D eigenvalue weighted by Crippen LogP contribution is -2.36. The maximum Gasteiger partial charge on any atom is 0.220 e. The number of nitrogens with zero attached hydrogens (tertiary/aromatic N) is 1. The van der Waals surface area contributed by atoms with Gasteiger partial charge in [-0.3, -0.25) is 4.79 Å². The Hall–Kier alpha value is -0.570. The number of nitrogens with one attached hydrogen (secondary N) is 1. The van der Waals surface area contributed by atoms with Gasteiger partial charge in [0, 0.05) is 19.0 Å². The van der Waals surface area contributed by atoms with Crippen LogP contribution in [-0.4, -0.2) is 36.5 Å². The summed E-state index contributed by atoms with van der Waals surface area (Å²) in [6.45, 7) is 12.5. The van der Waals surface area contributed by atoms with Gasteiger partial charge in [-0.25, -0.2) is 0 Å². The van der Waals surface area contributed by atoms with E-state index in [9.17, 15) is 4.79 Å². The minimum absolute atomic E-state index is 0.242. The lowest BCUT2D eigenvalue weighted by Gasteiger charge is -2.34. The Labute approximate surface area is 124 Å². The van der Waals surface area contributed by atoms with Crippen molar-refractivity contribution in [3.05, 3.63) is 0 Å². The lowest BCUT2D eigenvalue weighted by atomic mass is 9.86. The number of piperidine rings is 1. The van der Waals surface area contributed by atoms with Gasteiger partial charge in [0.15, 0.2) is 0 Å². The van der Waals surface area contributed by atoms with Crippen molar-refractivity contribution in [2.75, 3.05) is 19.6 Å².